The van der Waals surface area contributed by atoms with E-state index in [1.165, 1.54) is 0 Å². The number of cyclic esters (lactones) is 1. The minimum atomic E-state index is -0.456. The molecule has 3 rings (SSSR count). The largest absolute Gasteiger partial charge is 0.462 e. The summed E-state index contributed by atoms with van der Waals surface area (Å²) in [5.74, 6) is -0.0839. The van der Waals surface area contributed by atoms with Gasteiger partial charge in [0.05, 0.1) is 12.7 Å². The van der Waals surface area contributed by atoms with Gasteiger partial charge in [0.1, 0.15) is 10.9 Å². The topological polar surface area (TPSA) is 38.8 Å². The van der Waals surface area contributed by atoms with Gasteiger partial charge >= 0.3 is 5.97 Å². The summed E-state index contributed by atoms with van der Waals surface area (Å²) >= 11 is 1.62. The molecule has 2 heterocycles. The van der Waals surface area contributed by atoms with E-state index in [4.69, 9.17) is 9.47 Å². The number of carbonyl (C=O) groups excluding carboxylic acids is 1. The first kappa shape index (κ1) is 12.1. The van der Waals surface area contributed by atoms with Crippen LogP contribution in [0.1, 0.15) is 19.8 Å². The Labute approximate surface area is 111 Å². The highest BCUT2D eigenvalue weighted by Gasteiger charge is 2.51. The minimum Gasteiger partial charge on any atom is -0.462 e. The van der Waals surface area contributed by atoms with Crippen molar-refractivity contribution < 1.29 is 14.3 Å². The lowest BCUT2D eigenvalue weighted by atomic mass is 9.98. The van der Waals surface area contributed by atoms with Gasteiger partial charge in [-0.3, -0.25) is 4.79 Å². The molecule has 0 aromatic heterocycles. The number of ether oxygens (including phenoxy) is 2. The van der Waals surface area contributed by atoms with Crippen LogP contribution in [0.2, 0.25) is 0 Å². The van der Waals surface area contributed by atoms with Gasteiger partial charge in [0.2, 0.25) is 0 Å². The fraction of sp³-hybridized carbons (Fsp3) is 0.500. The molecule has 1 aromatic carbocycles. The first-order chi connectivity index (χ1) is 8.68. The number of hydrogen-bond acceptors (Lipinski definition) is 4. The molecule has 96 valence electrons. The monoisotopic (exact) mass is 264 g/mol. The zero-order chi connectivity index (χ0) is 12.6. The summed E-state index contributed by atoms with van der Waals surface area (Å²) in [5, 5.41) is 0. The van der Waals surface area contributed by atoms with Crippen LogP contribution in [0.5, 0.6) is 0 Å². The molecule has 4 heteroatoms. The van der Waals surface area contributed by atoms with Crippen molar-refractivity contribution in [2.75, 3.05) is 6.61 Å². The van der Waals surface area contributed by atoms with E-state index in [1.54, 1.807) is 11.8 Å². The summed E-state index contributed by atoms with van der Waals surface area (Å²) in [7, 11) is 0. The third-order valence-electron chi connectivity index (χ3n) is 3.31. The van der Waals surface area contributed by atoms with E-state index in [0.29, 0.717) is 0 Å². The SMILES string of the molecule is C[C@H]1CC(C[C@@H]2CO2)(Sc2ccccc2)C(=O)O1. The molecule has 3 atom stereocenters. The number of rotatable bonds is 4. The molecule has 0 bridgehead atoms. The Bertz CT molecular complexity index is 444. The van der Waals surface area contributed by atoms with Crippen LogP contribution >= 0.6 is 11.8 Å². The van der Waals surface area contributed by atoms with E-state index in [-0.39, 0.29) is 18.2 Å². The van der Waals surface area contributed by atoms with Crippen molar-refractivity contribution >= 4 is 17.7 Å². The highest BCUT2D eigenvalue weighted by Crippen LogP contribution is 2.47. The third-order valence-corrected chi connectivity index (χ3v) is 4.71. The summed E-state index contributed by atoms with van der Waals surface area (Å²) < 4.78 is 10.2. The molecule has 0 spiro atoms. The molecule has 2 aliphatic heterocycles. The lowest BCUT2D eigenvalue weighted by Crippen LogP contribution is -2.32. The third kappa shape index (κ3) is 2.40. The zero-order valence-electron chi connectivity index (χ0n) is 10.3. The second-order valence-corrected chi connectivity index (χ2v) is 6.45. The van der Waals surface area contributed by atoms with E-state index >= 15 is 0 Å². The van der Waals surface area contributed by atoms with Crippen LogP contribution in [-0.2, 0) is 14.3 Å². The average molecular weight is 264 g/mol. The molecule has 0 N–H and O–H groups in total. The minimum absolute atomic E-state index is 0.00691. The maximum Gasteiger partial charge on any atom is 0.323 e. The molecular weight excluding hydrogens is 248 g/mol. The lowest BCUT2D eigenvalue weighted by Gasteiger charge is -2.23. The number of carbonyl (C=O) groups is 1. The van der Waals surface area contributed by atoms with Gasteiger partial charge in [-0.15, -0.1) is 11.8 Å². The van der Waals surface area contributed by atoms with Gasteiger partial charge in [-0.2, -0.15) is 0 Å². The van der Waals surface area contributed by atoms with Gasteiger partial charge in [0.15, 0.2) is 0 Å². The molecule has 3 nitrogen and oxygen atoms in total. The molecular formula is C14H16O3S. The van der Waals surface area contributed by atoms with Crippen LogP contribution in [0, 0.1) is 0 Å². The van der Waals surface area contributed by atoms with E-state index < -0.39 is 4.75 Å². The van der Waals surface area contributed by atoms with Crippen molar-refractivity contribution in [2.24, 2.45) is 0 Å². The van der Waals surface area contributed by atoms with E-state index in [2.05, 4.69) is 0 Å². The molecule has 0 amide bonds. The van der Waals surface area contributed by atoms with Crippen molar-refractivity contribution in [3.63, 3.8) is 0 Å². The van der Waals surface area contributed by atoms with Crippen LogP contribution in [0.15, 0.2) is 35.2 Å². The smallest absolute Gasteiger partial charge is 0.323 e. The summed E-state index contributed by atoms with van der Waals surface area (Å²) in [5.41, 5.74) is 0. The lowest BCUT2D eigenvalue weighted by molar-refractivity contribution is -0.142. The van der Waals surface area contributed by atoms with Gasteiger partial charge < -0.3 is 9.47 Å². The van der Waals surface area contributed by atoms with E-state index in [9.17, 15) is 4.79 Å². The van der Waals surface area contributed by atoms with Crippen LogP contribution in [-0.4, -0.2) is 29.5 Å². The first-order valence-corrected chi connectivity index (χ1v) is 7.06. The highest BCUT2D eigenvalue weighted by molar-refractivity contribution is 8.01. The predicted octanol–water partition coefficient (Wildman–Crippen LogP) is 2.64. The van der Waals surface area contributed by atoms with Crippen LogP contribution < -0.4 is 0 Å². The van der Waals surface area contributed by atoms with Gasteiger partial charge in [-0.25, -0.2) is 0 Å². The Hall–Kier alpha value is -1.00. The van der Waals surface area contributed by atoms with E-state index in [1.807, 2.05) is 37.3 Å². The van der Waals surface area contributed by atoms with Gasteiger partial charge in [-0.1, -0.05) is 18.2 Å². The summed E-state index contributed by atoms with van der Waals surface area (Å²) in [4.78, 5) is 13.3. The Morgan fingerprint density at radius 3 is 2.67 bits per heavy atom. The standard InChI is InChI=1S/C14H16O3S/c1-10-7-14(13(15)17-10,8-11-9-16-11)18-12-5-3-2-4-6-12/h2-6,10-11H,7-9H2,1H3/t10-,11+,14?/m0/s1. The number of esters is 1. The quantitative estimate of drug-likeness (QED) is 0.619. The van der Waals surface area contributed by atoms with Crippen molar-refractivity contribution in [1.29, 1.82) is 0 Å². The molecule has 0 aliphatic carbocycles. The molecule has 0 saturated carbocycles. The molecule has 2 fully saturated rings. The Kier molecular flexibility index (Phi) is 3.08. The Morgan fingerprint density at radius 2 is 2.11 bits per heavy atom. The molecule has 2 saturated heterocycles. The van der Waals surface area contributed by atoms with Gasteiger partial charge in [0, 0.05) is 17.7 Å². The van der Waals surface area contributed by atoms with Gasteiger partial charge in [-0.05, 0) is 19.1 Å². The van der Waals surface area contributed by atoms with E-state index in [0.717, 1.165) is 24.3 Å². The van der Waals surface area contributed by atoms with Crippen LogP contribution in [0.4, 0.5) is 0 Å². The van der Waals surface area contributed by atoms with Crippen LogP contribution in [0.3, 0.4) is 0 Å². The Morgan fingerprint density at radius 1 is 1.39 bits per heavy atom. The molecule has 1 unspecified atom stereocenters. The second kappa shape index (κ2) is 4.59. The maximum absolute atomic E-state index is 12.2. The second-order valence-electron chi connectivity index (χ2n) is 4.99. The van der Waals surface area contributed by atoms with Crippen molar-refractivity contribution in [3.8, 4) is 0 Å². The number of epoxide rings is 1. The number of hydrogen-bond donors (Lipinski definition) is 0. The summed E-state index contributed by atoms with van der Waals surface area (Å²) in [6, 6.07) is 10.0. The zero-order valence-corrected chi connectivity index (χ0v) is 11.1. The van der Waals surface area contributed by atoms with Crippen molar-refractivity contribution in [3.05, 3.63) is 30.3 Å². The van der Waals surface area contributed by atoms with Crippen molar-refractivity contribution in [1.82, 2.24) is 0 Å². The first-order valence-electron chi connectivity index (χ1n) is 6.25. The molecule has 18 heavy (non-hydrogen) atoms. The average Bonchev–Trinajstić information content (AvgIpc) is 3.08. The fourth-order valence-corrected chi connectivity index (χ4v) is 3.90. The summed E-state index contributed by atoms with van der Waals surface area (Å²) in [6.45, 7) is 2.73. The summed E-state index contributed by atoms with van der Waals surface area (Å²) in [6.07, 6.45) is 1.77. The molecule has 1 aromatic rings. The Balaban J connectivity index is 1.83. The maximum atomic E-state index is 12.2. The number of thioether (sulfide) groups is 1. The highest BCUT2D eigenvalue weighted by atomic mass is 32.2. The van der Waals surface area contributed by atoms with Crippen molar-refractivity contribution in [2.45, 2.75) is 41.6 Å². The van der Waals surface area contributed by atoms with Gasteiger partial charge in [0.25, 0.3) is 0 Å². The number of benzene rings is 1. The fourth-order valence-electron chi connectivity index (χ4n) is 2.44. The molecule has 0 radical (unpaired) electrons. The molecule has 2 aliphatic rings. The van der Waals surface area contributed by atoms with Crippen LogP contribution in [0.25, 0.3) is 0 Å². The predicted molar refractivity (Wildman–Crippen MR) is 69.6 cm³/mol. The normalized spacial score (nSPS) is 34.4.